The van der Waals surface area contributed by atoms with E-state index in [1.54, 1.807) is 11.3 Å². The van der Waals surface area contributed by atoms with Gasteiger partial charge in [-0.05, 0) is 38.1 Å². The van der Waals surface area contributed by atoms with Gasteiger partial charge < -0.3 is 5.32 Å². The highest BCUT2D eigenvalue weighted by Gasteiger charge is 2.05. The van der Waals surface area contributed by atoms with E-state index in [1.807, 2.05) is 44.2 Å². The van der Waals surface area contributed by atoms with Crippen LogP contribution in [0.3, 0.4) is 0 Å². The summed E-state index contributed by atoms with van der Waals surface area (Å²) in [4.78, 5) is 8.99. The van der Waals surface area contributed by atoms with Gasteiger partial charge in [-0.1, -0.05) is 23.5 Å². The molecule has 0 aliphatic rings. The number of benzene rings is 1. The molecule has 2 aromatic heterocycles. The number of nitrogens with one attached hydrogen (secondary N) is 1. The van der Waals surface area contributed by atoms with Gasteiger partial charge in [0.25, 0.3) is 0 Å². The maximum atomic E-state index is 4.55. The average molecular weight is 255 g/mol. The topological polar surface area (TPSA) is 37.8 Å². The number of aromatic nitrogens is 2. The van der Waals surface area contributed by atoms with Gasteiger partial charge in [0.15, 0.2) is 5.13 Å². The molecule has 18 heavy (non-hydrogen) atoms. The first-order valence-corrected chi connectivity index (χ1v) is 6.61. The normalized spacial score (nSPS) is 10.8. The predicted molar refractivity (Wildman–Crippen MR) is 76.6 cm³/mol. The summed E-state index contributed by atoms with van der Waals surface area (Å²) < 4.78 is 1.19. The van der Waals surface area contributed by atoms with Crippen LogP contribution < -0.4 is 5.32 Å². The van der Waals surface area contributed by atoms with Crippen LogP contribution >= 0.6 is 11.3 Å². The Morgan fingerprint density at radius 3 is 2.61 bits per heavy atom. The molecule has 3 nitrogen and oxygen atoms in total. The van der Waals surface area contributed by atoms with Gasteiger partial charge in [-0.3, -0.25) is 4.98 Å². The van der Waals surface area contributed by atoms with E-state index < -0.39 is 0 Å². The minimum absolute atomic E-state index is 0.907. The van der Waals surface area contributed by atoms with Crippen molar-refractivity contribution in [3.8, 4) is 0 Å². The van der Waals surface area contributed by atoms with Crippen LogP contribution in [-0.4, -0.2) is 9.97 Å². The summed E-state index contributed by atoms with van der Waals surface area (Å²) in [5.41, 5.74) is 4.07. The van der Waals surface area contributed by atoms with Crippen molar-refractivity contribution in [2.75, 3.05) is 5.32 Å². The van der Waals surface area contributed by atoms with Crippen molar-refractivity contribution < 1.29 is 0 Å². The van der Waals surface area contributed by atoms with Gasteiger partial charge in [-0.25, -0.2) is 4.98 Å². The molecule has 1 N–H and O–H groups in total. The zero-order valence-electron chi connectivity index (χ0n) is 10.3. The highest BCUT2D eigenvalue weighted by Crippen LogP contribution is 2.28. The lowest BCUT2D eigenvalue weighted by molar-refractivity contribution is 1.12. The number of anilines is 2. The lowest BCUT2D eigenvalue weighted by Gasteiger charge is -2.06. The Labute approximate surface area is 110 Å². The molecule has 0 aliphatic heterocycles. The third-order valence-corrected chi connectivity index (χ3v) is 3.71. The number of para-hydroxylation sites is 1. The number of rotatable bonds is 2. The fraction of sp³-hybridized carbons (Fsp3) is 0.143. The van der Waals surface area contributed by atoms with Crippen LogP contribution in [0.25, 0.3) is 10.2 Å². The number of nitrogens with zero attached hydrogens (tertiary/aromatic N) is 2. The van der Waals surface area contributed by atoms with Crippen molar-refractivity contribution in [2.45, 2.75) is 13.8 Å². The minimum atomic E-state index is 0.907. The van der Waals surface area contributed by atoms with E-state index in [1.165, 1.54) is 4.70 Å². The molecule has 3 aromatic rings. The molecule has 0 saturated carbocycles. The van der Waals surface area contributed by atoms with Crippen molar-refractivity contribution >= 4 is 32.4 Å². The Morgan fingerprint density at radius 1 is 1.00 bits per heavy atom. The second-order valence-corrected chi connectivity index (χ2v) is 5.23. The first-order valence-electron chi connectivity index (χ1n) is 5.79. The molecule has 0 saturated heterocycles. The Morgan fingerprint density at radius 2 is 1.83 bits per heavy atom. The molecule has 0 bridgehead atoms. The number of hydrogen-bond acceptors (Lipinski definition) is 4. The van der Waals surface area contributed by atoms with Crippen molar-refractivity contribution in [3.63, 3.8) is 0 Å². The number of thiazole rings is 1. The Bertz CT molecular complexity index is 670. The largest absolute Gasteiger partial charge is 0.330 e. The second kappa shape index (κ2) is 4.38. The van der Waals surface area contributed by atoms with Crippen LogP contribution in [0, 0.1) is 13.8 Å². The minimum Gasteiger partial charge on any atom is -0.330 e. The van der Waals surface area contributed by atoms with E-state index in [9.17, 15) is 0 Å². The summed E-state index contributed by atoms with van der Waals surface area (Å²) in [5, 5.41) is 4.24. The maximum absolute atomic E-state index is 4.55. The Kier molecular flexibility index (Phi) is 2.72. The first kappa shape index (κ1) is 11.2. The fourth-order valence-electron chi connectivity index (χ4n) is 1.86. The number of pyridine rings is 1. The summed E-state index contributed by atoms with van der Waals surface area (Å²) in [6, 6.07) is 12.2. The zero-order valence-corrected chi connectivity index (χ0v) is 11.1. The van der Waals surface area contributed by atoms with Gasteiger partial charge in [0.05, 0.1) is 21.6 Å². The van der Waals surface area contributed by atoms with Crippen molar-refractivity contribution in [1.29, 1.82) is 0 Å². The number of aryl methyl sites for hydroxylation is 2. The summed E-state index contributed by atoms with van der Waals surface area (Å²) in [7, 11) is 0. The van der Waals surface area contributed by atoms with E-state index in [0.717, 1.165) is 27.7 Å². The third-order valence-electron chi connectivity index (χ3n) is 2.76. The van der Waals surface area contributed by atoms with Crippen molar-refractivity contribution in [3.05, 3.63) is 47.8 Å². The fourth-order valence-corrected chi connectivity index (χ4v) is 2.74. The van der Waals surface area contributed by atoms with Gasteiger partial charge in [-0.2, -0.15) is 0 Å². The van der Waals surface area contributed by atoms with Gasteiger partial charge in [0, 0.05) is 5.69 Å². The predicted octanol–water partition coefficient (Wildman–Crippen LogP) is 4.05. The highest BCUT2D eigenvalue weighted by molar-refractivity contribution is 7.22. The summed E-state index contributed by atoms with van der Waals surface area (Å²) in [5.74, 6) is 0. The molecule has 0 amide bonds. The molecule has 0 radical (unpaired) electrons. The van der Waals surface area contributed by atoms with Crippen LogP contribution in [0.1, 0.15) is 11.4 Å². The summed E-state index contributed by atoms with van der Waals surface area (Å²) in [6.07, 6.45) is 0. The van der Waals surface area contributed by atoms with Crippen LogP contribution in [0.4, 0.5) is 10.8 Å². The van der Waals surface area contributed by atoms with Gasteiger partial charge in [0.1, 0.15) is 0 Å². The Hall–Kier alpha value is -1.94. The Balaban J connectivity index is 1.96. The summed E-state index contributed by atoms with van der Waals surface area (Å²) in [6.45, 7) is 4.00. The van der Waals surface area contributed by atoms with Gasteiger partial charge >= 0.3 is 0 Å². The maximum Gasteiger partial charge on any atom is 0.188 e. The first-order chi connectivity index (χ1) is 8.72. The molecule has 2 heterocycles. The van der Waals surface area contributed by atoms with E-state index in [4.69, 9.17) is 0 Å². The standard InChI is InChI=1S/C14H13N3S/c1-9-7-8-11(10(2)15-9)16-14-17-12-5-3-4-6-13(12)18-14/h3-8H,1-2H3,(H,16,17). The third kappa shape index (κ3) is 2.07. The molecule has 1 aromatic carbocycles. The van der Waals surface area contributed by atoms with Gasteiger partial charge in [-0.15, -0.1) is 0 Å². The van der Waals surface area contributed by atoms with Crippen LogP contribution in [0.15, 0.2) is 36.4 Å². The molecule has 0 atom stereocenters. The molecule has 90 valence electrons. The van der Waals surface area contributed by atoms with E-state index in [0.29, 0.717) is 0 Å². The second-order valence-electron chi connectivity index (χ2n) is 4.20. The molecule has 3 rings (SSSR count). The molecular formula is C14H13N3S. The SMILES string of the molecule is Cc1ccc(Nc2nc3ccccc3s2)c(C)n1. The van der Waals surface area contributed by atoms with E-state index in [2.05, 4.69) is 21.4 Å². The lowest BCUT2D eigenvalue weighted by Crippen LogP contribution is -1.95. The number of fused-ring (bicyclic) bond motifs is 1. The highest BCUT2D eigenvalue weighted by atomic mass is 32.1. The lowest BCUT2D eigenvalue weighted by atomic mass is 10.3. The monoisotopic (exact) mass is 255 g/mol. The van der Waals surface area contributed by atoms with Crippen LogP contribution in [0.2, 0.25) is 0 Å². The van der Waals surface area contributed by atoms with Crippen LogP contribution in [-0.2, 0) is 0 Å². The molecule has 0 unspecified atom stereocenters. The average Bonchev–Trinajstić information content (AvgIpc) is 2.75. The van der Waals surface area contributed by atoms with E-state index >= 15 is 0 Å². The number of hydrogen-bond donors (Lipinski definition) is 1. The molecule has 0 spiro atoms. The van der Waals surface area contributed by atoms with Gasteiger partial charge in [0.2, 0.25) is 0 Å². The van der Waals surface area contributed by atoms with Crippen molar-refractivity contribution in [1.82, 2.24) is 9.97 Å². The quantitative estimate of drug-likeness (QED) is 0.750. The van der Waals surface area contributed by atoms with Crippen molar-refractivity contribution in [2.24, 2.45) is 0 Å². The molecule has 0 aliphatic carbocycles. The van der Waals surface area contributed by atoms with Crippen LogP contribution in [0.5, 0.6) is 0 Å². The van der Waals surface area contributed by atoms with E-state index in [-0.39, 0.29) is 0 Å². The zero-order chi connectivity index (χ0) is 12.5. The molecule has 4 heteroatoms. The molecular weight excluding hydrogens is 242 g/mol. The molecule has 0 fully saturated rings. The smallest absolute Gasteiger partial charge is 0.188 e. The summed E-state index contributed by atoms with van der Waals surface area (Å²) >= 11 is 1.66.